The smallest absolute Gasteiger partial charge is 0.319 e. The molecule has 7 rings (SSSR count). The minimum atomic E-state index is -0.634. The number of thioether (sulfide) groups is 1. The predicted octanol–water partition coefficient (Wildman–Crippen LogP) is 6.34. The Hall–Kier alpha value is -3.24. The number of pyridine rings is 1. The summed E-state index contributed by atoms with van der Waals surface area (Å²) in [4.78, 5) is 18.8. The van der Waals surface area contributed by atoms with Gasteiger partial charge in [-0.25, -0.2) is 8.78 Å². The normalized spacial score (nSPS) is 19.0. The molecule has 42 heavy (non-hydrogen) atoms. The van der Waals surface area contributed by atoms with Gasteiger partial charge in [0.25, 0.3) is 0 Å². The number of halogens is 2. The van der Waals surface area contributed by atoms with E-state index in [1.165, 1.54) is 12.1 Å². The Morgan fingerprint density at radius 2 is 1.86 bits per heavy atom. The van der Waals surface area contributed by atoms with E-state index in [0.29, 0.717) is 46.1 Å². The maximum Gasteiger partial charge on any atom is 0.319 e. The van der Waals surface area contributed by atoms with Crippen LogP contribution in [-0.4, -0.2) is 74.8 Å². The van der Waals surface area contributed by atoms with E-state index in [2.05, 4.69) is 19.8 Å². The van der Waals surface area contributed by atoms with E-state index in [1.807, 2.05) is 18.7 Å². The molecule has 3 fully saturated rings. The number of phenols is 1. The molecule has 2 aromatic heterocycles. The molecule has 0 amide bonds. The van der Waals surface area contributed by atoms with Crippen molar-refractivity contribution in [1.82, 2.24) is 19.9 Å². The van der Waals surface area contributed by atoms with E-state index in [-0.39, 0.29) is 34.3 Å². The second-order valence-corrected chi connectivity index (χ2v) is 12.9. The van der Waals surface area contributed by atoms with E-state index >= 15 is 4.39 Å². The molecule has 0 bridgehead atoms. The van der Waals surface area contributed by atoms with Crippen LogP contribution in [0.25, 0.3) is 32.9 Å². The van der Waals surface area contributed by atoms with Crippen LogP contribution in [-0.2, 0) is 6.42 Å². The zero-order valence-corrected chi connectivity index (χ0v) is 24.7. The molecule has 0 spiro atoms. The van der Waals surface area contributed by atoms with Crippen LogP contribution in [0.2, 0.25) is 0 Å². The minimum absolute atomic E-state index is 0.000774. The summed E-state index contributed by atoms with van der Waals surface area (Å²) in [7, 11) is 0. The van der Waals surface area contributed by atoms with Gasteiger partial charge < -0.3 is 14.7 Å². The third-order valence-electron chi connectivity index (χ3n) is 9.21. The maximum atomic E-state index is 16.7. The molecular formula is C32H35F2N5O2S. The van der Waals surface area contributed by atoms with Crippen molar-refractivity contribution in [3.63, 3.8) is 0 Å². The maximum absolute atomic E-state index is 16.7. The number of benzene rings is 2. The first kappa shape index (κ1) is 27.6. The fourth-order valence-electron chi connectivity index (χ4n) is 7.17. The molecule has 3 aliphatic rings. The van der Waals surface area contributed by atoms with Crippen molar-refractivity contribution < 1.29 is 18.6 Å². The zero-order chi connectivity index (χ0) is 28.8. The van der Waals surface area contributed by atoms with Gasteiger partial charge in [-0.2, -0.15) is 21.7 Å². The average Bonchev–Trinajstić information content (AvgIpc) is 3.45. The highest BCUT2D eigenvalue weighted by Crippen LogP contribution is 2.41. The molecule has 3 saturated heterocycles. The van der Waals surface area contributed by atoms with Gasteiger partial charge >= 0.3 is 6.01 Å². The number of anilines is 1. The highest BCUT2D eigenvalue weighted by Gasteiger charge is 2.45. The van der Waals surface area contributed by atoms with Gasteiger partial charge in [0.1, 0.15) is 35.2 Å². The Labute approximate surface area is 248 Å². The monoisotopic (exact) mass is 591 g/mol. The summed E-state index contributed by atoms with van der Waals surface area (Å²) in [5.74, 6) is 1.60. The Morgan fingerprint density at radius 3 is 2.67 bits per heavy atom. The molecule has 0 atom stereocenters. The first-order chi connectivity index (χ1) is 20.5. The van der Waals surface area contributed by atoms with Crippen LogP contribution in [0.15, 0.2) is 30.5 Å². The van der Waals surface area contributed by atoms with Crippen molar-refractivity contribution in [3.8, 4) is 23.0 Å². The number of ether oxygens (including phenoxy) is 1. The number of nitrogens with zero attached hydrogens (tertiary/aromatic N) is 5. The van der Waals surface area contributed by atoms with Crippen molar-refractivity contribution in [2.45, 2.75) is 51.0 Å². The summed E-state index contributed by atoms with van der Waals surface area (Å²) < 4.78 is 37.9. The number of hydrogen-bond donors (Lipinski definition) is 1. The molecule has 4 aromatic rings. The topological polar surface area (TPSA) is 74.6 Å². The van der Waals surface area contributed by atoms with Crippen molar-refractivity contribution >= 4 is 39.3 Å². The molecular weight excluding hydrogens is 556 g/mol. The molecule has 5 heterocycles. The molecule has 7 nitrogen and oxygen atoms in total. The van der Waals surface area contributed by atoms with E-state index in [0.717, 1.165) is 69.8 Å². The van der Waals surface area contributed by atoms with Crippen molar-refractivity contribution in [2.75, 3.05) is 49.2 Å². The SMILES string of the molecule is CCc1c(F)ccc2cc(O)cc(-c3ncc4c(N5CCCSCC5)nc(OCC56CCCN5CCC6)nc4c3F)c12. The molecule has 0 radical (unpaired) electrons. The standard InChI is InChI=1S/C32H35F2N5O2S/c1-2-22-25(33)7-6-20-16-21(40)17-23(26(20)22)28-27(34)29-24(18-35-28)30(38-10-5-14-42-15-13-38)37-31(36-29)41-19-32-8-3-11-39(32)12-4-9-32/h6-7,16-18,40H,2-5,8-15,19H2,1H3. The lowest BCUT2D eigenvalue weighted by atomic mass is 9.94. The van der Waals surface area contributed by atoms with Gasteiger partial charge in [-0.15, -0.1) is 0 Å². The molecule has 2 aromatic carbocycles. The number of rotatable bonds is 6. The fraction of sp³-hybridized carbons (Fsp3) is 0.469. The molecule has 220 valence electrons. The van der Waals surface area contributed by atoms with Crippen LogP contribution in [0.1, 0.15) is 44.6 Å². The Kier molecular flexibility index (Phi) is 7.30. The van der Waals surface area contributed by atoms with Gasteiger partial charge in [0, 0.05) is 30.6 Å². The third kappa shape index (κ3) is 4.72. The second-order valence-electron chi connectivity index (χ2n) is 11.6. The van der Waals surface area contributed by atoms with E-state index in [9.17, 15) is 9.50 Å². The number of aromatic nitrogens is 3. The lowest BCUT2D eigenvalue weighted by Crippen LogP contribution is -2.43. The summed E-state index contributed by atoms with van der Waals surface area (Å²) >= 11 is 1.90. The van der Waals surface area contributed by atoms with Crippen molar-refractivity contribution in [3.05, 3.63) is 47.7 Å². The number of phenolic OH excluding ortho intramolecular Hbond substituents is 1. The number of aryl methyl sites for hydroxylation is 1. The zero-order valence-electron chi connectivity index (χ0n) is 23.8. The van der Waals surface area contributed by atoms with Crippen LogP contribution in [0.4, 0.5) is 14.6 Å². The summed E-state index contributed by atoms with van der Waals surface area (Å²) in [6.07, 6.45) is 7.49. The van der Waals surface area contributed by atoms with Crippen LogP contribution in [0.3, 0.4) is 0 Å². The molecule has 1 N–H and O–H groups in total. The second kappa shape index (κ2) is 11.1. The number of fused-ring (bicyclic) bond motifs is 3. The third-order valence-corrected chi connectivity index (χ3v) is 10.3. The quantitative estimate of drug-likeness (QED) is 0.279. The van der Waals surface area contributed by atoms with Gasteiger partial charge in [-0.05, 0) is 91.9 Å². The minimum Gasteiger partial charge on any atom is -0.508 e. The first-order valence-corrected chi connectivity index (χ1v) is 16.1. The molecule has 0 unspecified atom stereocenters. The van der Waals surface area contributed by atoms with Crippen molar-refractivity contribution in [2.24, 2.45) is 0 Å². The summed E-state index contributed by atoms with van der Waals surface area (Å²) in [6.45, 7) is 6.09. The van der Waals surface area contributed by atoms with Crippen LogP contribution >= 0.6 is 11.8 Å². The van der Waals surface area contributed by atoms with Gasteiger partial charge in [-0.3, -0.25) is 9.88 Å². The fourth-order valence-corrected chi connectivity index (χ4v) is 8.05. The van der Waals surface area contributed by atoms with Crippen molar-refractivity contribution in [1.29, 1.82) is 0 Å². The number of hydrogen-bond acceptors (Lipinski definition) is 8. The summed E-state index contributed by atoms with van der Waals surface area (Å²) in [5, 5.41) is 12.2. The van der Waals surface area contributed by atoms with Gasteiger partial charge in [0.15, 0.2) is 5.82 Å². The molecule has 0 aliphatic carbocycles. The number of aromatic hydroxyl groups is 1. The van der Waals surface area contributed by atoms with E-state index in [1.54, 1.807) is 18.3 Å². The molecule has 10 heteroatoms. The first-order valence-electron chi connectivity index (χ1n) is 15.0. The molecule has 3 aliphatic heterocycles. The molecule has 0 saturated carbocycles. The Balaban J connectivity index is 1.38. The van der Waals surface area contributed by atoms with E-state index < -0.39 is 5.82 Å². The Bertz CT molecular complexity index is 1650. The lowest BCUT2D eigenvalue weighted by molar-refractivity contribution is 0.108. The van der Waals surface area contributed by atoms with E-state index in [4.69, 9.17) is 9.72 Å². The van der Waals surface area contributed by atoms with Crippen LogP contribution in [0, 0.1) is 11.6 Å². The predicted molar refractivity (Wildman–Crippen MR) is 164 cm³/mol. The van der Waals surface area contributed by atoms with Crippen LogP contribution in [0.5, 0.6) is 11.8 Å². The Morgan fingerprint density at radius 1 is 1.02 bits per heavy atom. The summed E-state index contributed by atoms with van der Waals surface area (Å²) in [6, 6.07) is 6.17. The van der Waals surface area contributed by atoms with Crippen LogP contribution < -0.4 is 9.64 Å². The van der Waals surface area contributed by atoms with Gasteiger partial charge in [0.05, 0.1) is 10.9 Å². The van der Waals surface area contributed by atoms with Gasteiger partial charge in [0.2, 0.25) is 0 Å². The van der Waals surface area contributed by atoms with Gasteiger partial charge in [-0.1, -0.05) is 13.0 Å². The largest absolute Gasteiger partial charge is 0.508 e. The highest BCUT2D eigenvalue weighted by atomic mass is 32.2. The lowest BCUT2D eigenvalue weighted by Gasteiger charge is -2.31. The average molecular weight is 592 g/mol. The highest BCUT2D eigenvalue weighted by molar-refractivity contribution is 7.99. The summed E-state index contributed by atoms with van der Waals surface area (Å²) in [5.41, 5.74) is 0.925.